The summed E-state index contributed by atoms with van der Waals surface area (Å²) in [6.07, 6.45) is 3.13. The molecule has 1 N–H and O–H groups in total. The summed E-state index contributed by atoms with van der Waals surface area (Å²) < 4.78 is 17.2. The molecule has 0 saturated carbocycles. The molecule has 2 aromatic heterocycles. The molecule has 3 rings (SSSR count). The number of benzene rings is 1. The van der Waals surface area contributed by atoms with E-state index in [1.54, 1.807) is 12.3 Å². The van der Waals surface area contributed by atoms with Crippen LogP contribution in [0.4, 0.5) is 0 Å². The third kappa shape index (κ3) is 6.32. The number of H-pyrrole nitrogens is 1. The van der Waals surface area contributed by atoms with E-state index in [-0.39, 0.29) is 5.56 Å². The zero-order valence-electron chi connectivity index (χ0n) is 16.5. The fourth-order valence-corrected chi connectivity index (χ4v) is 3.65. The standard InChI is InChI=1S/C14H11IN2O2.C7H5IN2O2/c1-18-13-11(7-16)14(17-8-12(13)15)19-9-10-5-3-2-4-6-10;1-12-6-4(2-9)7(11)10-3-5(6)8/h2-6,8H,9H2,1H3;3H,1H3,(H,10,11). The number of nitrogens with zero attached hydrogens (tertiary/aromatic N) is 3. The highest BCUT2D eigenvalue weighted by molar-refractivity contribution is 14.1. The lowest BCUT2D eigenvalue weighted by atomic mass is 10.2. The van der Waals surface area contributed by atoms with Gasteiger partial charge >= 0.3 is 0 Å². The molecule has 8 nitrogen and oxygen atoms in total. The van der Waals surface area contributed by atoms with Gasteiger partial charge in [0.2, 0.25) is 5.88 Å². The van der Waals surface area contributed by atoms with Crippen molar-refractivity contribution in [2.45, 2.75) is 6.61 Å². The molecule has 31 heavy (non-hydrogen) atoms. The Morgan fingerprint density at radius 3 is 2.16 bits per heavy atom. The molecule has 0 aliphatic rings. The molecule has 0 aliphatic carbocycles. The van der Waals surface area contributed by atoms with Crippen molar-refractivity contribution in [1.82, 2.24) is 9.97 Å². The van der Waals surface area contributed by atoms with E-state index in [2.05, 4.69) is 38.6 Å². The van der Waals surface area contributed by atoms with Crippen LogP contribution in [-0.2, 0) is 6.61 Å². The van der Waals surface area contributed by atoms with Gasteiger partial charge in [-0.1, -0.05) is 30.3 Å². The van der Waals surface area contributed by atoms with E-state index in [1.165, 1.54) is 20.4 Å². The number of hydrogen-bond donors (Lipinski definition) is 1. The molecule has 0 amide bonds. The average Bonchev–Trinajstić information content (AvgIpc) is 2.80. The van der Waals surface area contributed by atoms with Gasteiger partial charge in [0, 0.05) is 12.4 Å². The van der Waals surface area contributed by atoms with Crippen LogP contribution in [0.3, 0.4) is 0 Å². The molecule has 0 saturated heterocycles. The van der Waals surface area contributed by atoms with Crippen LogP contribution in [0.2, 0.25) is 0 Å². The molecule has 0 aliphatic heterocycles. The van der Waals surface area contributed by atoms with Crippen molar-refractivity contribution in [2.75, 3.05) is 14.2 Å². The largest absolute Gasteiger partial charge is 0.494 e. The van der Waals surface area contributed by atoms with Crippen molar-refractivity contribution in [3.05, 3.63) is 76.9 Å². The first-order valence-electron chi connectivity index (χ1n) is 8.61. The fraction of sp³-hybridized carbons (Fsp3) is 0.143. The summed E-state index contributed by atoms with van der Waals surface area (Å²) in [4.78, 5) is 17.6. The maximum absolute atomic E-state index is 11.0. The molecule has 2 heterocycles. The third-order valence-electron chi connectivity index (χ3n) is 3.80. The number of aromatic nitrogens is 2. The van der Waals surface area contributed by atoms with Crippen molar-refractivity contribution in [1.29, 1.82) is 10.5 Å². The summed E-state index contributed by atoms with van der Waals surface area (Å²) in [6.45, 7) is 0.367. The normalized spacial score (nSPS) is 9.48. The topological polar surface area (TPSA) is 121 Å². The number of aromatic amines is 1. The zero-order chi connectivity index (χ0) is 22.8. The number of halogens is 2. The van der Waals surface area contributed by atoms with E-state index >= 15 is 0 Å². The summed E-state index contributed by atoms with van der Waals surface area (Å²) in [5, 5.41) is 17.8. The molecule has 3 aromatic rings. The molecule has 0 unspecified atom stereocenters. The second-order valence-electron chi connectivity index (χ2n) is 5.69. The number of methoxy groups -OCH3 is 2. The summed E-state index contributed by atoms with van der Waals surface area (Å²) in [7, 11) is 2.96. The summed E-state index contributed by atoms with van der Waals surface area (Å²) in [5.41, 5.74) is 0.940. The van der Waals surface area contributed by atoms with E-state index in [9.17, 15) is 10.1 Å². The molecular formula is C21H16I2N4O4. The highest BCUT2D eigenvalue weighted by atomic mass is 127. The molecule has 1 aromatic carbocycles. The Hall–Kier alpha value is -2.84. The second-order valence-corrected chi connectivity index (χ2v) is 8.02. The molecule has 0 bridgehead atoms. The predicted octanol–water partition coefficient (Wildman–Crippen LogP) is 4.01. The van der Waals surface area contributed by atoms with E-state index in [4.69, 9.17) is 19.5 Å². The van der Waals surface area contributed by atoms with Crippen LogP contribution in [-0.4, -0.2) is 24.2 Å². The number of hydrogen-bond acceptors (Lipinski definition) is 7. The van der Waals surface area contributed by atoms with Gasteiger partial charge in [0.1, 0.15) is 18.7 Å². The van der Waals surface area contributed by atoms with Crippen LogP contribution in [0.5, 0.6) is 17.4 Å². The first-order valence-corrected chi connectivity index (χ1v) is 10.8. The first kappa shape index (κ1) is 24.4. The lowest BCUT2D eigenvalue weighted by molar-refractivity contribution is 0.289. The van der Waals surface area contributed by atoms with Crippen LogP contribution in [0.25, 0.3) is 0 Å². The summed E-state index contributed by atoms with van der Waals surface area (Å²) >= 11 is 4.05. The molecule has 0 radical (unpaired) electrons. The fourth-order valence-electron chi connectivity index (χ4n) is 2.38. The minimum absolute atomic E-state index is 0.0180. The predicted molar refractivity (Wildman–Crippen MR) is 130 cm³/mol. The molecule has 0 fully saturated rings. The van der Waals surface area contributed by atoms with Crippen molar-refractivity contribution < 1.29 is 14.2 Å². The Bertz CT molecular complexity index is 1180. The maximum Gasteiger partial charge on any atom is 0.269 e. The van der Waals surface area contributed by atoms with E-state index in [1.807, 2.05) is 52.9 Å². The van der Waals surface area contributed by atoms with Crippen molar-refractivity contribution >= 4 is 45.2 Å². The molecule has 158 valence electrons. The summed E-state index contributed by atoms with van der Waals surface area (Å²) in [6, 6.07) is 13.6. The minimum atomic E-state index is -0.422. The van der Waals surface area contributed by atoms with Gasteiger partial charge in [-0.05, 0) is 50.7 Å². The van der Waals surface area contributed by atoms with Gasteiger partial charge in [0.05, 0.1) is 21.4 Å². The van der Waals surface area contributed by atoms with Crippen molar-refractivity contribution in [2.24, 2.45) is 0 Å². The molecular weight excluding hydrogens is 626 g/mol. The van der Waals surface area contributed by atoms with Gasteiger partial charge in [-0.25, -0.2) is 4.98 Å². The Balaban J connectivity index is 0.000000245. The van der Waals surface area contributed by atoms with E-state index in [0.29, 0.717) is 33.1 Å². The number of rotatable bonds is 5. The van der Waals surface area contributed by atoms with Gasteiger partial charge in [0.25, 0.3) is 5.56 Å². The van der Waals surface area contributed by atoms with Gasteiger partial charge in [0.15, 0.2) is 22.6 Å². The Kier molecular flexibility index (Phi) is 9.55. The molecule has 0 atom stereocenters. The highest BCUT2D eigenvalue weighted by Gasteiger charge is 2.15. The van der Waals surface area contributed by atoms with Gasteiger partial charge in [-0.15, -0.1) is 0 Å². The number of ether oxygens (including phenoxy) is 3. The van der Waals surface area contributed by atoms with E-state index < -0.39 is 5.56 Å². The Morgan fingerprint density at radius 2 is 1.61 bits per heavy atom. The molecule has 10 heteroatoms. The minimum Gasteiger partial charge on any atom is -0.494 e. The van der Waals surface area contributed by atoms with Crippen molar-refractivity contribution in [3.63, 3.8) is 0 Å². The lowest BCUT2D eigenvalue weighted by Crippen LogP contribution is -2.11. The number of pyridine rings is 2. The SMILES string of the molecule is COc1c(I)c[nH]c(=O)c1C#N.COc1c(I)cnc(OCc2ccccc2)c1C#N. The molecule has 0 spiro atoms. The smallest absolute Gasteiger partial charge is 0.269 e. The zero-order valence-corrected chi connectivity index (χ0v) is 20.8. The maximum atomic E-state index is 11.0. The average molecular weight is 642 g/mol. The van der Waals surface area contributed by atoms with Crippen LogP contribution in [0, 0.1) is 29.8 Å². The van der Waals surface area contributed by atoms with Crippen LogP contribution < -0.4 is 19.8 Å². The van der Waals surface area contributed by atoms with Crippen LogP contribution in [0.15, 0.2) is 47.5 Å². The van der Waals surface area contributed by atoms with Crippen LogP contribution >= 0.6 is 45.2 Å². The quantitative estimate of drug-likeness (QED) is 0.418. The van der Waals surface area contributed by atoms with Gasteiger partial charge in [-0.2, -0.15) is 10.5 Å². The van der Waals surface area contributed by atoms with E-state index in [0.717, 1.165) is 9.13 Å². The van der Waals surface area contributed by atoms with Gasteiger partial charge < -0.3 is 19.2 Å². The second kappa shape index (κ2) is 12.1. The summed E-state index contributed by atoms with van der Waals surface area (Å²) in [5.74, 6) is 1.13. The Morgan fingerprint density at radius 1 is 1.00 bits per heavy atom. The Labute approximate surface area is 206 Å². The van der Waals surface area contributed by atoms with Gasteiger partial charge in [-0.3, -0.25) is 4.79 Å². The lowest BCUT2D eigenvalue weighted by Gasteiger charge is -2.10. The van der Waals surface area contributed by atoms with Crippen LogP contribution in [0.1, 0.15) is 16.7 Å². The highest BCUT2D eigenvalue weighted by Crippen LogP contribution is 2.30. The van der Waals surface area contributed by atoms with Crippen molar-refractivity contribution in [3.8, 4) is 29.5 Å². The number of nitrogens with one attached hydrogen (secondary N) is 1. The third-order valence-corrected chi connectivity index (χ3v) is 5.37. The number of nitriles is 2. The first-order chi connectivity index (χ1) is 15.0. The monoisotopic (exact) mass is 642 g/mol.